The van der Waals surface area contributed by atoms with Crippen LogP contribution in [0.1, 0.15) is 10.4 Å². The van der Waals surface area contributed by atoms with E-state index in [1.165, 1.54) is 0 Å². The molecule has 0 aliphatic carbocycles. The van der Waals surface area contributed by atoms with Gasteiger partial charge in [0.1, 0.15) is 0 Å². The zero-order valence-electron chi connectivity index (χ0n) is 11.3. The van der Waals surface area contributed by atoms with Crippen molar-refractivity contribution in [1.82, 2.24) is 5.32 Å². The van der Waals surface area contributed by atoms with Crippen LogP contribution in [0.4, 0.5) is 11.4 Å². The number of carbonyl (C=O) groups excluding carboxylic acids is 2. The lowest BCUT2D eigenvalue weighted by Gasteiger charge is -2.30. The van der Waals surface area contributed by atoms with Crippen molar-refractivity contribution in [3.05, 3.63) is 23.8 Å². The monoisotopic (exact) mass is 289 g/mol. The number of hydrogen-bond donors (Lipinski definition) is 3. The van der Waals surface area contributed by atoms with Crippen LogP contribution in [-0.2, 0) is 9.59 Å². The smallest absolute Gasteiger partial charge is 0.324 e. The number of aliphatic carboxylic acids is 1. The Labute approximate surface area is 120 Å². The Hall–Kier alpha value is -2.41. The minimum atomic E-state index is -1.65. The van der Waals surface area contributed by atoms with Gasteiger partial charge in [-0.25, -0.2) is 0 Å². The highest BCUT2D eigenvalue weighted by Crippen LogP contribution is 2.30. The third-order valence-electron chi connectivity index (χ3n) is 3.78. The predicted octanol–water partition coefficient (Wildman–Crippen LogP) is -0.0682. The molecule has 1 saturated heterocycles. The van der Waals surface area contributed by atoms with Crippen LogP contribution >= 0.6 is 0 Å². The molecular weight excluding hydrogens is 274 g/mol. The van der Waals surface area contributed by atoms with Crippen molar-refractivity contribution in [1.29, 1.82) is 0 Å². The van der Waals surface area contributed by atoms with E-state index in [0.717, 1.165) is 31.9 Å². The SMILES string of the molecule is O=C(O)C1C(=O)Nc2cc(N3CCNCC3)ccc2C1=O. The van der Waals surface area contributed by atoms with Crippen molar-refractivity contribution in [2.75, 3.05) is 36.4 Å². The molecule has 1 unspecified atom stereocenters. The van der Waals surface area contributed by atoms with E-state index < -0.39 is 23.6 Å². The number of carbonyl (C=O) groups is 3. The Kier molecular flexibility index (Phi) is 3.34. The number of fused-ring (bicyclic) bond motifs is 1. The van der Waals surface area contributed by atoms with E-state index in [1.807, 2.05) is 0 Å². The summed E-state index contributed by atoms with van der Waals surface area (Å²) >= 11 is 0. The average molecular weight is 289 g/mol. The maximum atomic E-state index is 12.1. The zero-order chi connectivity index (χ0) is 15.0. The van der Waals surface area contributed by atoms with E-state index in [4.69, 9.17) is 5.11 Å². The standard InChI is InChI=1S/C14H15N3O4/c18-12-9-2-1-8(17-5-3-15-4-6-17)7-10(9)16-13(19)11(12)14(20)21/h1-2,7,11,15H,3-6H2,(H,16,19)(H,20,21). The van der Waals surface area contributed by atoms with Crippen molar-refractivity contribution < 1.29 is 19.5 Å². The van der Waals surface area contributed by atoms with Gasteiger partial charge in [0.25, 0.3) is 0 Å². The van der Waals surface area contributed by atoms with Gasteiger partial charge in [0.15, 0.2) is 11.7 Å². The van der Waals surface area contributed by atoms with E-state index in [0.29, 0.717) is 5.69 Å². The number of rotatable bonds is 2. The maximum Gasteiger partial charge on any atom is 0.324 e. The van der Waals surface area contributed by atoms with Crippen LogP contribution in [0.2, 0.25) is 0 Å². The fourth-order valence-electron chi connectivity index (χ4n) is 2.67. The van der Waals surface area contributed by atoms with Crippen LogP contribution in [0.15, 0.2) is 18.2 Å². The highest BCUT2D eigenvalue weighted by Gasteiger charge is 2.39. The number of carboxylic acid groups (broad SMARTS) is 1. The van der Waals surface area contributed by atoms with Gasteiger partial charge >= 0.3 is 5.97 Å². The maximum absolute atomic E-state index is 12.1. The predicted molar refractivity (Wildman–Crippen MR) is 75.6 cm³/mol. The number of anilines is 2. The van der Waals surface area contributed by atoms with Crippen molar-refractivity contribution in [2.24, 2.45) is 5.92 Å². The molecule has 1 fully saturated rings. The molecule has 1 amide bonds. The van der Waals surface area contributed by atoms with Crippen molar-refractivity contribution in [2.45, 2.75) is 0 Å². The summed E-state index contributed by atoms with van der Waals surface area (Å²) in [5.41, 5.74) is 1.55. The molecule has 1 aromatic carbocycles. The van der Waals surface area contributed by atoms with Gasteiger partial charge in [0.05, 0.1) is 5.69 Å². The van der Waals surface area contributed by atoms with Crippen molar-refractivity contribution >= 4 is 29.0 Å². The molecule has 1 aromatic rings. The molecule has 1 atom stereocenters. The second kappa shape index (κ2) is 5.17. The van der Waals surface area contributed by atoms with E-state index in [-0.39, 0.29) is 5.56 Å². The average Bonchev–Trinajstić information content (AvgIpc) is 2.47. The second-order valence-corrected chi connectivity index (χ2v) is 5.09. The molecule has 2 heterocycles. The molecule has 0 radical (unpaired) electrons. The summed E-state index contributed by atoms with van der Waals surface area (Å²) in [6.45, 7) is 3.45. The third-order valence-corrected chi connectivity index (χ3v) is 3.78. The third kappa shape index (κ3) is 2.36. The number of Topliss-reactive ketones (excluding diaryl/α,β-unsaturated/α-hetero) is 1. The van der Waals surface area contributed by atoms with Crippen LogP contribution in [0.5, 0.6) is 0 Å². The molecule has 0 aromatic heterocycles. The van der Waals surface area contributed by atoms with E-state index in [1.54, 1.807) is 18.2 Å². The molecule has 3 rings (SSSR count). The zero-order valence-corrected chi connectivity index (χ0v) is 11.3. The Balaban J connectivity index is 1.93. The van der Waals surface area contributed by atoms with Gasteiger partial charge in [-0.15, -0.1) is 0 Å². The van der Waals surface area contributed by atoms with Crippen LogP contribution in [0.3, 0.4) is 0 Å². The summed E-state index contributed by atoms with van der Waals surface area (Å²) in [5.74, 6) is -4.51. The van der Waals surface area contributed by atoms with Gasteiger partial charge in [0.2, 0.25) is 5.91 Å². The number of piperazine rings is 1. The molecule has 7 heteroatoms. The van der Waals surface area contributed by atoms with Gasteiger partial charge in [-0.3, -0.25) is 14.4 Å². The van der Waals surface area contributed by atoms with Gasteiger partial charge in [-0.2, -0.15) is 0 Å². The Bertz CT molecular complexity index is 623. The van der Waals surface area contributed by atoms with Crippen LogP contribution in [0, 0.1) is 5.92 Å². The molecule has 0 spiro atoms. The number of carboxylic acids is 1. The molecule has 3 N–H and O–H groups in total. The molecular formula is C14H15N3O4. The van der Waals surface area contributed by atoms with Gasteiger partial charge in [0, 0.05) is 37.4 Å². The Morgan fingerprint density at radius 1 is 1.24 bits per heavy atom. The number of benzene rings is 1. The lowest BCUT2D eigenvalue weighted by atomic mass is 9.91. The normalized spacial score (nSPS) is 21.7. The first-order valence-electron chi connectivity index (χ1n) is 6.75. The van der Waals surface area contributed by atoms with Crippen LogP contribution in [-0.4, -0.2) is 48.9 Å². The summed E-state index contributed by atoms with van der Waals surface area (Å²) in [5, 5.41) is 14.7. The molecule has 21 heavy (non-hydrogen) atoms. The van der Waals surface area contributed by atoms with E-state index in [2.05, 4.69) is 15.5 Å². The summed E-state index contributed by atoms with van der Waals surface area (Å²) in [6.07, 6.45) is 0. The molecule has 2 aliphatic heterocycles. The minimum Gasteiger partial charge on any atom is -0.480 e. The highest BCUT2D eigenvalue weighted by molar-refractivity contribution is 6.29. The summed E-state index contributed by atoms with van der Waals surface area (Å²) in [7, 11) is 0. The number of nitrogens with zero attached hydrogens (tertiary/aromatic N) is 1. The van der Waals surface area contributed by atoms with E-state index in [9.17, 15) is 14.4 Å². The highest BCUT2D eigenvalue weighted by atomic mass is 16.4. The number of hydrogen-bond acceptors (Lipinski definition) is 5. The minimum absolute atomic E-state index is 0.251. The number of amides is 1. The summed E-state index contributed by atoms with van der Waals surface area (Å²) < 4.78 is 0. The molecule has 0 saturated carbocycles. The lowest BCUT2D eigenvalue weighted by molar-refractivity contribution is -0.143. The fraction of sp³-hybridized carbons (Fsp3) is 0.357. The van der Waals surface area contributed by atoms with Crippen molar-refractivity contribution in [3.8, 4) is 0 Å². The first kappa shape index (κ1) is 13.6. The van der Waals surface area contributed by atoms with E-state index >= 15 is 0 Å². The molecule has 2 aliphatic rings. The topological polar surface area (TPSA) is 98.7 Å². The fourth-order valence-corrected chi connectivity index (χ4v) is 2.67. The largest absolute Gasteiger partial charge is 0.480 e. The first-order valence-corrected chi connectivity index (χ1v) is 6.75. The second-order valence-electron chi connectivity index (χ2n) is 5.09. The Morgan fingerprint density at radius 2 is 1.95 bits per heavy atom. The van der Waals surface area contributed by atoms with Gasteiger partial charge < -0.3 is 20.6 Å². The van der Waals surface area contributed by atoms with Crippen LogP contribution < -0.4 is 15.5 Å². The molecule has 7 nitrogen and oxygen atoms in total. The molecule has 0 bridgehead atoms. The van der Waals surface area contributed by atoms with Crippen molar-refractivity contribution in [3.63, 3.8) is 0 Å². The summed E-state index contributed by atoms with van der Waals surface area (Å²) in [6, 6.07) is 5.11. The van der Waals surface area contributed by atoms with Gasteiger partial charge in [-0.1, -0.05) is 0 Å². The Morgan fingerprint density at radius 3 is 2.62 bits per heavy atom. The number of nitrogens with one attached hydrogen (secondary N) is 2. The first-order chi connectivity index (χ1) is 10.1. The quantitative estimate of drug-likeness (QED) is 0.659. The molecule has 110 valence electrons. The summed E-state index contributed by atoms with van der Waals surface area (Å²) in [4.78, 5) is 37.0. The number of ketones is 1. The van der Waals surface area contributed by atoms with Crippen LogP contribution in [0.25, 0.3) is 0 Å². The lowest BCUT2D eigenvalue weighted by Crippen LogP contribution is -2.44. The van der Waals surface area contributed by atoms with Gasteiger partial charge in [-0.05, 0) is 18.2 Å².